The zero-order chi connectivity index (χ0) is 14.4. The summed E-state index contributed by atoms with van der Waals surface area (Å²) in [6, 6.07) is 5.62. The minimum atomic E-state index is 0.162. The van der Waals surface area contributed by atoms with Gasteiger partial charge < -0.3 is 14.8 Å². The SMILES string of the molecule is COc1ccc(OC)c(CNC(=O)C2CCCCC2)c1. The summed E-state index contributed by atoms with van der Waals surface area (Å²) < 4.78 is 10.5. The van der Waals surface area contributed by atoms with E-state index in [9.17, 15) is 4.79 Å². The molecule has 1 fully saturated rings. The van der Waals surface area contributed by atoms with Gasteiger partial charge in [-0.3, -0.25) is 4.79 Å². The molecule has 0 radical (unpaired) electrons. The van der Waals surface area contributed by atoms with Crippen molar-refractivity contribution in [2.24, 2.45) is 5.92 Å². The van der Waals surface area contributed by atoms with Gasteiger partial charge in [0.15, 0.2) is 0 Å². The maximum atomic E-state index is 12.1. The smallest absolute Gasteiger partial charge is 0.223 e. The Labute approximate surface area is 120 Å². The lowest BCUT2D eigenvalue weighted by atomic mass is 9.88. The van der Waals surface area contributed by atoms with Crippen molar-refractivity contribution < 1.29 is 14.3 Å². The number of methoxy groups -OCH3 is 2. The van der Waals surface area contributed by atoms with Crippen molar-refractivity contribution in [1.29, 1.82) is 0 Å². The first-order chi connectivity index (χ1) is 9.74. The summed E-state index contributed by atoms with van der Waals surface area (Å²) in [5, 5.41) is 3.02. The number of benzene rings is 1. The van der Waals surface area contributed by atoms with E-state index in [2.05, 4.69) is 5.32 Å². The number of nitrogens with one attached hydrogen (secondary N) is 1. The lowest BCUT2D eigenvalue weighted by molar-refractivity contribution is -0.126. The second-order valence-corrected chi connectivity index (χ2v) is 5.23. The molecule has 0 heterocycles. The molecule has 110 valence electrons. The van der Waals surface area contributed by atoms with E-state index in [-0.39, 0.29) is 11.8 Å². The van der Waals surface area contributed by atoms with E-state index in [1.54, 1.807) is 14.2 Å². The third kappa shape index (κ3) is 3.65. The van der Waals surface area contributed by atoms with E-state index in [1.165, 1.54) is 19.3 Å². The van der Waals surface area contributed by atoms with Crippen molar-refractivity contribution in [3.8, 4) is 11.5 Å². The Morgan fingerprint density at radius 1 is 1.20 bits per heavy atom. The molecule has 1 amide bonds. The van der Waals surface area contributed by atoms with E-state index < -0.39 is 0 Å². The Morgan fingerprint density at radius 2 is 1.95 bits per heavy atom. The fraction of sp³-hybridized carbons (Fsp3) is 0.562. The molecule has 0 atom stereocenters. The summed E-state index contributed by atoms with van der Waals surface area (Å²) in [4.78, 5) is 12.1. The maximum absolute atomic E-state index is 12.1. The van der Waals surface area contributed by atoms with Gasteiger partial charge >= 0.3 is 0 Å². The van der Waals surface area contributed by atoms with Crippen LogP contribution in [0.25, 0.3) is 0 Å². The molecular formula is C16H23NO3. The first kappa shape index (κ1) is 14.7. The van der Waals surface area contributed by atoms with Gasteiger partial charge in [0, 0.05) is 18.0 Å². The molecule has 20 heavy (non-hydrogen) atoms. The van der Waals surface area contributed by atoms with Crippen molar-refractivity contribution >= 4 is 5.91 Å². The van der Waals surface area contributed by atoms with Gasteiger partial charge in [0.1, 0.15) is 11.5 Å². The van der Waals surface area contributed by atoms with Crippen LogP contribution in [0.2, 0.25) is 0 Å². The molecule has 1 N–H and O–H groups in total. The number of ether oxygens (including phenoxy) is 2. The fourth-order valence-corrected chi connectivity index (χ4v) is 2.71. The molecular weight excluding hydrogens is 254 g/mol. The van der Waals surface area contributed by atoms with Gasteiger partial charge in [-0.2, -0.15) is 0 Å². The first-order valence-corrected chi connectivity index (χ1v) is 7.23. The van der Waals surface area contributed by atoms with Gasteiger partial charge in [-0.25, -0.2) is 0 Å². The minimum absolute atomic E-state index is 0.162. The monoisotopic (exact) mass is 277 g/mol. The van der Waals surface area contributed by atoms with Crippen LogP contribution in [0.3, 0.4) is 0 Å². The van der Waals surface area contributed by atoms with Crippen molar-refractivity contribution in [2.75, 3.05) is 14.2 Å². The van der Waals surface area contributed by atoms with E-state index in [0.29, 0.717) is 6.54 Å². The maximum Gasteiger partial charge on any atom is 0.223 e. The van der Waals surface area contributed by atoms with Gasteiger partial charge in [-0.15, -0.1) is 0 Å². The Hall–Kier alpha value is -1.71. The minimum Gasteiger partial charge on any atom is -0.497 e. The molecule has 0 aromatic heterocycles. The van der Waals surface area contributed by atoms with Crippen LogP contribution in [0.4, 0.5) is 0 Å². The third-order valence-electron chi connectivity index (χ3n) is 3.92. The van der Waals surface area contributed by atoms with Crippen LogP contribution in [0, 0.1) is 5.92 Å². The van der Waals surface area contributed by atoms with Crippen molar-refractivity contribution in [1.82, 2.24) is 5.32 Å². The topological polar surface area (TPSA) is 47.6 Å². The fourth-order valence-electron chi connectivity index (χ4n) is 2.71. The van der Waals surface area contributed by atoms with Crippen molar-refractivity contribution in [3.63, 3.8) is 0 Å². The molecule has 4 nitrogen and oxygen atoms in total. The zero-order valence-corrected chi connectivity index (χ0v) is 12.3. The predicted octanol–water partition coefficient (Wildman–Crippen LogP) is 2.90. The molecule has 1 aliphatic rings. The van der Waals surface area contributed by atoms with Gasteiger partial charge in [-0.05, 0) is 31.0 Å². The lowest BCUT2D eigenvalue weighted by Gasteiger charge is -2.21. The van der Waals surface area contributed by atoms with Crippen molar-refractivity contribution in [3.05, 3.63) is 23.8 Å². The molecule has 1 saturated carbocycles. The van der Waals surface area contributed by atoms with Gasteiger partial charge in [0.25, 0.3) is 0 Å². The van der Waals surface area contributed by atoms with Gasteiger partial charge in [-0.1, -0.05) is 19.3 Å². The summed E-state index contributed by atoms with van der Waals surface area (Å²) >= 11 is 0. The predicted molar refractivity (Wildman–Crippen MR) is 78.0 cm³/mol. The Balaban J connectivity index is 1.96. The normalized spacial score (nSPS) is 15.7. The highest BCUT2D eigenvalue weighted by Crippen LogP contribution is 2.26. The first-order valence-electron chi connectivity index (χ1n) is 7.23. The Bertz CT molecular complexity index is 453. The largest absolute Gasteiger partial charge is 0.497 e. The number of rotatable bonds is 5. The molecule has 0 spiro atoms. The highest BCUT2D eigenvalue weighted by atomic mass is 16.5. The molecule has 4 heteroatoms. The van der Waals surface area contributed by atoms with Crippen LogP contribution in [-0.2, 0) is 11.3 Å². The Morgan fingerprint density at radius 3 is 2.60 bits per heavy atom. The van der Waals surface area contributed by atoms with Crippen LogP contribution in [-0.4, -0.2) is 20.1 Å². The highest BCUT2D eigenvalue weighted by molar-refractivity contribution is 5.78. The zero-order valence-electron chi connectivity index (χ0n) is 12.3. The van der Waals surface area contributed by atoms with Crippen LogP contribution in [0.1, 0.15) is 37.7 Å². The van der Waals surface area contributed by atoms with Gasteiger partial charge in [0.2, 0.25) is 5.91 Å². The van der Waals surface area contributed by atoms with E-state index in [1.807, 2.05) is 18.2 Å². The number of amides is 1. The van der Waals surface area contributed by atoms with E-state index in [4.69, 9.17) is 9.47 Å². The number of hydrogen-bond acceptors (Lipinski definition) is 3. The molecule has 1 aromatic carbocycles. The third-order valence-corrected chi connectivity index (χ3v) is 3.92. The molecule has 1 aromatic rings. The van der Waals surface area contributed by atoms with E-state index in [0.717, 1.165) is 29.9 Å². The van der Waals surface area contributed by atoms with Crippen LogP contribution in [0.15, 0.2) is 18.2 Å². The second-order valence-electron chi connectivity index (χ2n) is 5.23. The van der Waals surface area contributed by atoms with Crippen molar-refractivity contribution in [2.45, 2.75) is 38.6 Å². The number of carbonyl (C=O) groups is 1. The number of carbonyl (C=O) groups excluding carboxylic acids is 1. The average Bonchev–Trinajstić information content (AvgIpc) is 2.53. The molecule has 0 unspecified atom stereocenters. The summed E-state index contributed by atoms with van der Waals surface area (Å²) in [6.45, 7) is 0.482. The molecule has 2 rings (SSSR count). The van der Waals surface area contributed by atoms with Gasteiger partial charge in [0.05, 0.1) is 14.2 Å². The molecule has 1 aliphatic carbocycles. The summed E-state index contributed by atoms with van der Waals surface area (Å²) in [6.07, 6.45) is 5.62. The van der Waals surface area contributed by atoms with Crippen LogP contribution >= 0.6 is 0 Å². The summed E-state index contributed by atoms with van der Waals surface area (Å²) in [7, 11) is 3.26. The number of hydrogen-bond donors (Lipinski definition) is 1. The quantitative estimate of drug-likeness (QED) is 0.900. The standard InChI is InChI=1S/C16H23NO3/c1-19-14-8-9-15(20-2)13(10-14)11-17-16(18)12-6-4-3-5-7-12/h8-10,12H,3-7,11H2,1-2H3,(H,17,18). The summed E-state index contributed by atoms with van der Waals surface area (Å²) in [5.41, 5.74) is 0.941. The van der Waals surface area contributed by atoms with Crippen LogP contribution < -0.4 is 14.8 Å². The molecule has 0 saturated heterocycles. The molecule has 0 bridgehead atoms. The summed E-state index contributed by atoms with van der Waals surface area (Å²) in [5.74, 6) is 1.89. The van der Waals surface area contributed by atoms with E-state index >= 15 is 0 Å². The average molecular weight is 277 g/mol. The highest BCUT2D eigenvalue weighted by Gasteiger charge is 2.20. The lowest BCUT2D eigenvalue weighted by Crippen LogP contribution is -2.31. The van der Waals surface area contributed by atoms with Crippen LogP contribution in [0.5, 0.6) is 11.5 Å². The molecule has 0 aliphatic heterocycles. The second kappa shape index (κ2) is 7.17. The Kier molecular flexibility index (Phi) is 5.27.